The smallest absolute Gasteiger partial charge is 0.277 e. The van der Waals surface area contributed by atoms with Crippen LogP contribution in [0.3, 0.4) is 0 Å². The zero-order valence-corrected chi connectivity index (χ0v) is 12.7. The molecule has 1 amide bonds. The molecule has 2 heterocycles. The van der Waals surface area contributed by atoms with Crippen molar-refractivity contribution in [2.45, 2.75) is 25.0 Å². The van der Waals surface area contributed by atoms with Gasteiger partial charge in [-0.3, -0.25) is 4.79 Å². The van der Waals surface area contributed by atoms with Gasteiger partial charge < -0.3 is 15.4 Å². The molecule has 0 aromatic rings. The van der Waals surface area contributed by atoms with Gasteiger partial charge in [-0.25, -0.2) is 5.14 Å². The maximum absolute atomic E-state index is 12.2. The van der Waals surface area contributed by atoms with Crippen LogP contribution in [0.2, 0.25) is 0 Å². The van der Waals surface area contributed by atoms with Crippen LogP contribution in [0.15, 0.2) is 0 Å². The summed E-state index contributed by atoms with van der Waals surface area (Å²) >= 11 is 0. The minimum atomic E-state index is -3.66. The number of hydrogen-bond donors (Lipinski definition) is 2. The zero-order chi connectivity index (χ0) is 14.0. The molecule has 0 spiro atoms. The van der Waals surface area contributed by atoms with Crippen molar-refractivity contribution in [3.8, 4) is 0 Å². The molecule has 20 heavy (non-hydrogen) atoms. The molecule has 4 N–H and O–H groups in total. The van der Waals surface area contributed by atoms with E-state index in [1.165, 1.54) is 4.31 Å². The molecule has 0 radical (unpaired) electrons. The number of rotatable bonds is 3. The normalized spacial score (nSPS) is 28.2. The first kappa shape index (κ1) is 17.6. The Hall–Kier alpha value is -0.450. The van der Waals surface area contributed by atoms with Gasteiger partial charge in [-0.05, 0) is 12.8 Å². The lowest BCUT2D eigenvalue weighted by Crippen LogP contribution is -2.54. The number of halogens is 1. The lowest BCUT2D eigenvalue weighted by atomic mass is 10.1. The highest BCUT2D eigenvalue weighted by Crippen LogP contribution is 2.21. The van der Waals surface area contributed by atoms with Gasteiger partial charge in [0, 0.05) is 32.7 Å². The number of hydrogen-bond acceptors (Lipinski definition) is 5. The summed E-state index contributed by atoms with van der Waals surface area (Å²) in [5.74, 6) is -0.0787. The predicted octanol–water partition coefficient (Wildman–Crippen LogP) is -1.74. The average Bonchev–Trinajstić information content (AvgIpc) is 2.86. The molecular weight excluding hydrogens is 308 g/mol. The summed E-state index contributed by atoms with van der Waals surface area (Å²) in [7, 11) is -3.66. The van der Waals surface area contributed by atoms with Crippen molar-refractivity contribution >= 4 is 28.5 Å². The summed E-state index contributed by atoms with van der Waals surface area (Å²) < 4.78 is 29.0. The number of carbonyl (C=O) groups excluding carboxylic acids is 1. The van der Waals surface area contributed by atoms with E-state index in [9.17, 15) is 13.2 Å². The minimum Gasteiger partial charge on any atom is -0.364 e. The maximum Gasteiger partial charge on any atom is 0.277 e. The Bertz CT molecular complexity index is 439. The van der Waals surface area contributed by atoms with Crippen LogP contribution in [-0.2, 0) is 19.7 Å². The van der Waals surface area contributed by atoms with E-state index >= 15 is 0 Å². The highest BCUT2D eigenvalue weighted by Gasteiger charge is 2.35. The van der Waals surface area contributed by atoms with Gasteiger partial charge in [0.2, 0.25) is 0 Å². The third-order valence-corrected chi connectivity index (χ3v) is 4.64. The third-order valence-electron chi connectivity index (χ3n) is 3.56. The van der Waals surface area contributed by atoms with Crippen LogP contribution < -0.4 is 10.9 Å². The second-order valence-corrected chi connectivity index (χ2v) is 6.38. The molecule has 118 valence electrons. The van der Waals surface area contributed by atoms with Crippen LogP contribution in [-0.4, -0.2) is 68.5 Å². The standard InChI is InChI=1S/C10H20N4O4S.ClH/c11-7-8-1-2-9(18-8)10(15)13-3-5-14(6-4-13)19(12,16)17;/h8-9H,1-7,11H2,(H2,12,16,17);1H/t8-,9+;/m1./s1. The van der Waals surface area contributed by atoms with Crippen LogP contribution in [0.5, 0.6) is 0 Å². The van der Waals surface area contributed by atoms with Crippen molar-refractivity contribution in [2.24, 2.45) is 10.9 Å². The number of nitrogens with zero attached hydrogens (tertiary/aromatic N) is 2. The van der Waals surface area contributed by atoms with E-state index in [4.69, 9.17) is 15.6 Å². The zero-order valence-electron chi connectivity index (χ0n) is 11.1. The molecule has 2 rings (SSSR count). The minimum absolute atomic E-state index is 0. The van der Waals surface area contributed by atoms with E-state index < -0.39 is 16.3 Å². The average molecular weight is 329 g/mol. The highest BCUT2D eigenvalue weighted by molar-refractivity contribution is 7.86. The van der Waals surface area contributed by atoms with Crippen molar-refractivity contribution in [1.29, 1.82) is 0 Å². The summed E-state index contributed by atoms with van der Waals surface area (Å²) in [5.41, 5.74) is 5.50. The van der Waals surface area contributed by atoms with E-state index in [-0.39, 0.29) is 37.5 Å². The van der Waals surface area contributed by atoms with E-state index in [0.717, 1.165) is 6.42 Å². The first-order valence-corrected chi connectivity index (χ1v) is 7.84. The van der Waals surface area contributed by atoms with Crippen LogP contribution in [0.1, 0.15) is 12.8 Å². The van der Waals surface area contributed by atoms with Gasteiger partial charge in [-0.1, -0.05) is 0 Å². The molecule has 10 heteroatoms. The quantitative estimate of drug-likeness (QED) is 0.637. The number of piperazine rings is 1. The first-order valence-electron chi connectivity index (χ1n) is 6.34. The Morgan fingerprint density at radius 3 is 2.25 bits per heavy atom. The summed E-state index contributed by atoms with van der Waals surface area (Å²) in [6.07, 6.45) is 0.995. The summed E-state index contributed by atoms with van der Waals surface area (Å²) in [6, 6.07) is 0. The largest absolute Gasteiger partial charge is 0.364 e. The summed E-state index contributed by atoms with van der Waals surface area (Å²) in [5, 5.41) is 5.05. The molecule has 0 aliphatic carbocycles. The Kier molecular flexibility index (Phi) is 6.17. The van der Waals surface area contributed by atoms with E-state index in [0.29, 0.717) is 26.1 Å². The van der Waals surface area contributed by atoms with Crippen LogP contribution in [0, 0.1) is 0 Å². The third kappa shape index (κ3) is 4.03. The van der Waals surface area contributed by atoms with Crippen molar-refractivity contribution in [2.75, 3.05) is 32.7 Å². The van der Waals surface area contributed by atoms with Gasteiger partial charge >= 0.3 is 0 Å². The Labute approximate surface area is 125 Å². The SMILES string of the molecule is Cl.NC[C@H]1CC[C@@H](C(=O)N2CCN(S(N)(=O)=O)CC2)O1. The molecule has 2 saturated heterocycles. The van der Waals surface area contributed by atoms with Gasteiger partial charge in [0.05, 0.1) is 6.10 Å². The fourth-order valence-corrected chi connectivity index (χ4v) is 3.10. The molecule has 0 aromatic heterocycles. The molecule has 2 fully saturated rings. The second-order valence-electron chi connectivity index (χ2n) is 4.83. The second kappa shape index (κ2) is 7.01. The first-order chi connectivity index (χ1) is 8.91. The molecular formula is C10H21ClN4O4S. The maximum atomic E-state index is 12.2. The van der Waals surface area contributed by atoms with Gasteiger partial charge in [0.15, 0.2) is 0 Å². The molecule has 0 aromatic carbocycles. The molecule has 0 unspecified atom stereocenters. The van der Waals surface area contributed by atoms with E-state index in [2.05, 4.69) is 0 Å². The Morgan fingerprint density at radius 1 is 1.20 bits per heavy atom. The van der Waals surface area contributed by atoms with Gasteiger partial charge in [-0.2, -0.15) is 12.7 Å². The van der Waals surface area contributed by atoms with Crippen molar-refractivity contribution in [1.82, 2.24) is 9.21 Å². The van der Waals surface area contributed by atoms with Gasteiger partial charge in [0.1, 0.15) is 6.10 Å². The lowest BCUT2D eigenvalue weighted by molar-refractivity contribution is -0.143. The molecule has 2 aliphatic heterocycles. The number of ether oxygens (including phenoxy) is 1. The number of carbonyl (C=O) groups is 1. The Morgan fingerprint density at radius 2 is 1.80 bits per heavy atom. The molecule has 2 aliphatic rings. The van der Waals surface area contributed by atoms with Gasteiger partial charge in [0.25, 0.3) is 16.1 Å². The topological polar surface area (TPSA) is 119 Å². The number of amides is 1. The molecule has 2 atom stereocenters. The Balaban J connectivity index is 0.00000200. The molecule has 0 saturated carbocycles. The lowest BCUT2D eigenvalue weighted by Gasteiger charge is -2.34. The van der Waals surface area contributed by atoms with Crippen molar-refractivity contribution in [3.05, 3.63) is 0 Å². The monoisotopic (exact) mass is 328 g/mol. The van der Waals surface area contributed by atoms with E-state index in [1.54, 1.807) is 4.90 Å². The van der Waals surface area contributed by atoms with Crippen LogP contribution in [0.4, 0.5) is 0 Å². The highest BCUT2D eigenvalue weighted by atomic mass is 35.5. The fraction of sp³-hybridized carbons (Fsp3) is 0.900. The van der Waals surface area contributed by atoms with Gasteiger partial charge in [-0.15, -0.1) is 12.4 Å². The molecule has 0 bridgehead atoms. The van der Waals surface area contributed by atoms with E-state index in [1.807, 2.05) is 0 Å². The summed E-state index contributed by atoms with van der Waals surface area (Å²) in [4.78, 5) is 13.8. The summed E-state index contributed by atoms with van der Waals surface area (Å²) in [6.45, 7) is 1.59. The number of nitrogens with two attached hydrogens (primary N) is 2. The molecule has 8 nitrogen and oxygen atoms in total. The van der Waals surface area contributed by atoms with Crippen molar-refractivity contribution < 1.29 is 17.9 Å². The van der Waals surface area contributed by atoms with Crippen LogP contribution >= 0.6 is 12.4 Å². The van der Waals surface area contributed by atoms with Crippen molar-refractivity contribution in [3.63, 3.8) is 0 Å². The predicted molar refractivity (Wildman–Crippen MR) is 75.5 cm³/mol. The van der Waals surface area contributed by atoms with Crippen LogP contribution in [0.25, 0.3) is 0 Å². The fourth-order valence-electron chi connectivity index (χ4n) is 2.43.